The minimum absolute atomic E-state index is 0.00784. The van der Waals surface area contributed by atoms with E-state index in [9.17, 15) is 19.2 Å². The highest BCUT2D eigenvalue weighted by Gasteiger charge is 2.47. The van der Waals surface area contributed by atoms with Crippen LogP contribution in [0.5, 0.6) is 0 Å². The second kappa shape index (κ2) is 15.0. The van der Waals surface area contributed by atoms with Crippen molar-refractivity contribution in [1.82, 2.24) is 0 Å². The molecule has 1 spiro atoms. The van der Waals surface area contributed by atoms with Crippen LogP contribution in [0.4, 0.5) is 0 Å². The quantitative estimate of drug-likeness (QED) is 0.183. The van der Waals surface area contributed by atoms with Gasteiger partial charge in [0, 0.05) is 0 Å². The molecule has 1 unspecified atom stereocenters. The van der Waals surface area contributed by atoms with Gasteiger partial charge in [-0.05, 0) is 75.1 Å². The van der Waals surface area contributed by atoms with Crippen LogP contribution in [0, 0.1) is 16.7 Å². The van der Waals surface area contributed by atoms with Crippen molar-refractivity contribution in [3.8, 4) is 0 Å². The summed E-state index contributed by atoms with van der Waals surface area (Å²) in [6, 6.07) is 17.4. The first-order valence-electron chi connectivity index (χ1n) is 15.1. The van der Waals surface area contributed by atoms with E-state index in [1.165, 1.54) is 0 Å². The van der Waals surface area contributed by atoms with E-state index in [-0.39, 0.29) is 49.7 Å². The molecule has 0 aliphatic heterocycles. The number of carbonyl (C=O) groups is 4. The van der Waals surface area contributed by atoms with Crippen molar-refractivity contribution in [2.45, 2.75) is 71.1 Å². The lowest BCUT2D eigenvalue weighted by Crippen LogP contribution is -2.42. The smallest absolute Gasteiger partial charge is 0.338 e. The molecule has 42 heavy (non-hydrogen) atoms. The van der Waals surface area contributed by atoms with Crippen LogP contribution in [-0.4, -0.2) is 50.3 Å². The van der Waals surface area contributed by atoms with Crippen LogP contribution in [0.2, 0.25) is 0 Å². The fraction of sp³-hybridized carbons (Fsp3) is 0.529. The third-order valence-electron chi connectivity index (χ3n) is 8.87. The first-order chi connectivity index (χ1) is 20.3. The highest BCUT2D eigenvalue weighted by molar-refractivity contribution is 5.89. The molecule has 2 aromatic carbocycles. The van der Waals surface area contributed by atoms with Gasteiger partial charge in [-0.1, -0.05) is 62.1 Å². The van der Waals surface area contributed by atoms with Crippen molar-refractivity contribution < 1.29 is 38.1 Å². The number of carbonyl (C=O) groups excluding carboxylic acids is 4. The standard InChI is InChI=1S/C34H42O8/c1-33(32(38)42-25-24-40-30(36)27-14-6-3-7-15-27)17-10-20-34(21-11-18-33)19-9-8-16-28(34)31(37)41-23-22-39-29(35)26-12-4-2-5-13-26/h2-7,12-15,28H,8-11,16-25H2,1H3. The minimum atomic E-state index is -0.613. The van der Waals surface area contributed by atoms with Crippen molar-refractivity contribution in [1.29, 1.82) is 0 Å². The van der Waals surface area contributed by atoms with Gasteiger partial charge in [0.1, 0.15) is 26.4 Å². The maximum Gasteiger partial charge on any atom is 0.338 e. The zero-order valence-corrected chi connectivity index (χ0v) is 24.5. The fourth-order valence-corrected chi connectivity index (χ4v) is 6.52. The molecule has 2 aromatic rings. The topological polar surface area (TPSA) is 105 Å². The predicted molar refractivity (Wildman–Crippen MR) is 156 cm³/mol. The van der Waals surface area contributed by atoms with Gasteiger partial charge in [-0.3, -0.25) is 9.59 Å². The van der Waals surface area contributed by atoms with Crippen molar-refractivity contribution >= 4 is 23.9 Å². The Morgan fingerprint density at radius 1 is 0.619 bits per heavy atom. The van der Waals surface area contributed by atoms with Crippen molar-refractivity contribution in [3.05, 3.63) is 71.8 Å². The second-order valence-corrected chi connectivity index (χ2v) is 11.7. The van der Waals surface area contributed by atoms with E-state index in [1.54, 1.807) is 48.5 Å². The number of esters is 4. The molecule has 2 fully saturated rings. The van der Waals surface area contributed by atoms with E-state index in [0.29, 0.717) is 24.0 Å². The number of ether oxygens (including phenoxy) is 4. The fourth-order valence-electron chi connectivity index (χ4n) is 6.52. The van der Waals surface area contributed by atoms with E-state index in [4.69, 9.17) is 18.9 Å². The Hall–Kier alpha value is -3.68. The molecule has 226 valence electrons. The van der Waals surface area contributed by atoms with Gasteiger partial charge in [0.15, 0.2) is 0 Å². The Labute approximate surface area is 248 Å². The third-order valence-corrected chi connectivity index (χ3v) is 8.87. The Morgan fingerprint density at radius 3 is 1.64 bits per heavy atom. The second-order valence-electron chi connectivity index (χ2n) is 11.7. The zero-order chi connectivity index (χ0) is 29.8. The molecule has 0 bridgehead atoms. The summed E-state index contributed by atoms with van der Waals surface area (Å²) in [4.78, 5) is 50.5. The average Bonchev–Trinajstić information content (AvgIpc) is 3.01. The number of hydrogen-bond acceptors (Lipinski definition) is 8. The molecule has 2 saturated carbocycles. The summed E-state index contributed by atoms with van der Waals surface area (Å²) < 4.78 is 21.7. The molecular weight excluding hydrogens is 536 g/mol. The van der Waals surface area contributed by atoms with Gasteiger partial charge in [0.2, 0.25) is 0 Å². The van der Waals surface area contributed by atoms with Gasteiger partial charge in [0.25, 0.3) is 0 Å². The summed E-state index contributed by atoms with van der Waals surface area (Å²) >= 11 is 0. The number of benzene rings is 2. The van der Waals surface area contributed by atoms with Crippen LogP contribution in [-0.2, 0) is 28.5 Å². The summed E-state index contributed by atoms with van der Waals surface area (Å²) in [7, 11) is 0. The summed E-state index contributed by atoms with van der Waals surface area (Å²) in [6.07, 6.45) is 8.53. The van der Waals surface area contributed by atoms with E-state index in [0.717, 1.165) is 51.4 Å². The lowest BCUT2D eigenvalue weighted by atomic mass is 9.59. The largest absolute Gasteiger partial charge is 0.462 e. The first-order valence-corrected chi connectivity index (χ1v) is 15.1. The molecule has 2 aliphatic carbocycles. The van der Waals surface area contributed by atoms with Crippen LogP contribution in [0.25, 0.3) is 0 Å². The first kappa shape index (κ1) is 31.3. The summed E-state index contributed by atoms with van der Waals surface area (Å²) in [6.45, 7) is 2.03. The maximum atomic E-state index is 13.2. The van der Waals surface area contributed by atoms with E-state index < -0.39 is 17.4 Å². The van der Waals surface area contributed by atoms with E-state index in [2.05, 4.69) is 0 Å². The lowest BCUT2D eigenvalue weighted by Gasteiger charge is -2.45. The Bertz CT molecular complexity index is 1180. The molecule has 1 atom stereocenters. The molecule has 4 rings (SSSR count). The van der Waals surface area contributed by atoms with Gasteiger partial charge in [0.05, 0.1) is 22.5 Å². The normalized spacial score (nSPS) is 24.1. The number of rotatable bonds is 10. The van der Waals surface area contributed by atoms with Gasteiger partial charge < -0.3 is 18.9 Å². The Kier molecular flexibility index (Phi) is 11.2. The Balaban J connectivity index is 1.22. The van der Waals surface area contributed by atoms with Gasteiger partial charge in [-0.15, -0.1) is 0 Å². The molecule has 0 saturated heterocycles. The van der Waals surface area contributed by atoms with Gasteiger partial charge in [-0.2, -0.15) is 0 Å². The predicted octanol–water partition coefficient (Wildman–Crippen LogP) is 6.32. The molecule has 0 heterocycles. The molecule has 0 amide bonds. The van der Waals surface area contributed by atoms with E-state index >= 15 is 0 Å². The van der Waals surface area contributed by atoms with Crippen LogP contribution < -0.4 is 0 Å². The zero-order valence-electron chi connectivity index (χ0n) is 24.5. The molecular formula is C34H42O8. The van der Waals surface area contributed by atoms with Crippen LogP contribution in [0.1, 0.15) is 91.8 Å². The monoisotopic (exact) mass is 578 g/mol. The van der Waals surface area contributed by atoms with Crippen LogP contribution in [0.3, 0.4) is 0 Å². The summed E-state index contributed by atoms with van der Waals surface area (Å²) in [5.74, 6) is -1.54. The Morgan fingerprint density at radius 2 is 1.10 bits per heavy atom. The molecule has 0 aromatic heterocycles. The van der Waals surface area contributed by atoms with Crippen molar-refractivity contribution in [3.63, 3.8) is 0 Å². The molecule has 8 heteroatoms. The van der Waals surface area contributed by atoms with Crippen LogP contribution >= 0.6 is 0 Å². The van der Waals surface area contributed by atoms with E-state index in [1.807, 2.05) is 19.1 Å². The number of hydrogen-bond donors (Lipinski definition) is 0. The summed E-state index contributed by atoms with van der Waals surface area (Å²) in [5, 5.41) is 0. The third kappa shape index (κ3) is 8.20. The SMILES string of the molecule is CC1(C(=O)OCCOC(=O)c2ccccc2)CCCC2(CCCCC2C(=O)OCCOC(=O)c2ccccc2)CCC1. The molecule has 8 nitrogen and oxygen atoms in total. The average molecular weight is 579 g/mol. The molecule has 0 radical (unpaired) electrons. The molecule has 2 aliphatic rings. The van der Waals surface area contributed by atoms with Crippen molar-refractivity contribution in [2.75, 3.05) is 26.4 Å². The maximum absolute atomic E-state index is 13.2. The highest BCUT2D eigenvalue weighted by Crippen LogP contribution is 2.52. The highest BCUT2D eigenvalue weighted by atomic mass is 16.6. The minimum Gasteiger partial charge on any atom is -0.462 e. The van der Waals surface area contributed by atoms with Crippen LogP contribution in [0.15, 0.2) is 60.7 Å². The van der Waals surface area contributed by atoms with Crippen molar-refractivity contribution in [2.24, 2.45) is 16.7 Å². The molecule has 0 N–H and O–H groups in total. The van der Waals surface area contributed by atoms with Gasteiger partial charge in [-0.25, -0.2) is 9.59 Å². The summed E-state index contributed by atoms with van der Waals surface area (Å²) in [5.41, 5.74) is 0.179. The lowest BCUT2D eigenvalue weighted by molar-refractivity contribution is -0.161. The van der Waals surface area contributed by atoms with Gasteiger partial charge >= 0.3 is 23.9 Å².